The van der Waals surface area contributed by atoms with E-state index in [2.05, 4.69) is 26.0 Å². The van der Waals surface area contributed by atoms with Crippen LogP contribution in [0.3, 0.4) is 0 Å². The van der Waals surface area contributed by atoms with E-state index >= 15 is 0 Å². The number of hydrogen-bond acceptors (Lipinski definition) is 4. The van der Waals surface area contributed by atoms with E-state index in [1.165, 1.54) is 0 Å². The van der Waals surface area contributed by atoms with Gasteiger partial charge >= 0.3 is 0 Å². The zero-order valence-corrected chi connectivity index (χ0v) is 15.4. The van der Waals surface area contributed by atoms with E-state index in [9.17, 15) is 4.79 Å². The fourth-order valence-corrected chi connectivity index (χ4v) is 4.27. The van der Waals surface area contributed by atoms with E-state index in [1.807, 2.05) is 41.0 Å². The van der Waals surface area contributed by atoms with Crippen LogP contribution in [0.4, 0.5) is 0 Å². The first-order valence-electron chi connectivity index (χ1n) is 8.98. The molecule has 0 radical (unpaired) electrons. The van der Waals surface area contributed by atoms with Gasteiger partial charge in [-0.25, -0.2) is 4.98 Å². The maximum atomic E-state index is 12.7. The summed E-state index contributed by atoms with van der Waals surface area (Å²) < 4.78 is 2.19. The number of hydrogen-bond donors (Lipinski definition) is 0. The van der Waals surface area contributed by atoms with E-state index in [0.717, 1.165) is 49.4 Å². The molecule has 1 saturated heterocycles. The Bertz CT molecular complexity index is 844. The first kappa shape index (κ1) is 17.0. The monoisotopic (exact) mass is 366 g/mol. The molecule has 26 heavy (non-hydrogen) atoms. The van der Waals surface area contributed by atoms with Crippen LogP contribution in [-0.4, -0.2) is 38.4 Å². The molecule has 1 atom stereocenters. The van der Waals surface area contributed by atoms with Crippen LogP contribution in [0.25, 0.3) is 0 Å². The van der Waals surface area contributed by atoms with Crippen LogP contribution < -0.4 is 0 Å². The summed E-state index contributed by atoms with van der Waals surface area (Å²) in [4.78, 5) is 23.5. The lowest BCUT2D eigenvalue weighted by Gasteiger charge is -2.32. The van der Waals surface area contributed by atoms with E-state index in [-0.39, 0.29) is 5.91 Å². The number of amides is 1. The lowest BCUT2D eigenvalue weighted by Crippen LogP contribution is -2.40. The quantitative estimate of drug-likeness (QED) is 0.696. The van der Waals surface area contributed by atoms with E-state index in [1.54, 1.807) is 17.5 Å². The topological polar surface area (TPSA) is 51.0 Å². The first-order valence-corrected chi connectivity index (χ1v) is 9.92. The Labute approximate surface area is 157 Å². The summed E-state index contributed by atoms with van der Waals surface area (Å²) in [7, 11) is 0. The van der Waals surface area contributed by atoms with Crippen LogP contribution in [0, 0.1) is 0 Å². The van der Waals surface area contributed by atoms with Crippen molar-refractivity contribution in [2.24, 2.45) is 0 Å². The second-order valence-electron chi connectivity index (χ2n) is 6.76. The van der Waals surface area contributed by atoms with Crippen molar-refractivity contribution in [3.05, 3.63) is 70.7 Å². The summed E-state index contributed by atoms with van der Waals surface area (Å²) in [5.41, 5.74) is 2.27. The minimum absolute atomic E-state index is 0.221. The maximum Gasteiger partial charge on any atom is 0.227 e. The number of carbonyl (C=O) groups is 1. The van der Waals surface area contributed by atoms with Crippen LogP contribution in [-0.2, 0) is 17.8 Å². The third kappa shape index (κ3) is 3.85. The fraction of sp³-hybridized carbons (Fsp3) is 0.350. The number of nitrogens with zero attached hydrogens (tertiary/aromatic N) is 4. The minimum atomic E-state index is 0.221. The smallest absolute Gasteiger partial charge is 0.227 e. The van der Waals surface area contributed by atoms with E-state index < -0.39 is 0 Å². The molecule has 134 valence electrons. The summed E-state index contributed by atoms with van der Waals surface area (Å²) in [6.07, 6.45) is 10.2. The third-order valence-electron chi connectivity index (χ3n) is 4.90. The van der Waals surface area contributed by atoms with Gasteiger partial charge < -0.3 is 9.47 Å². The Morgan fingerprint density at radius 1 is 1.27 bits per heavy atom. The number of thiophene rings is 1. The summed E-state index contributed by atoms with van der Waals surface area (Å²) in [5.74, 6) is 1.59. The van der Waals surface area contributed by atoms with Gasteiger partial charge in [0.25, 0.3) is 0 Å². The summed E-state index contributed by atoms with van der Waals surface area (Å²) in [6, 6.07) is 6.07. The molecule has 1 fully saturated rings. The maximum absolute atomic E-state index is 12.7. The van der Waals surface area contributed by atoms with Crippen molar-refractivity contribution in [3.63, 3.8) is 0 Å². The third-order valence-corrected chi connectivity index (χ3v) is 5.63. The van der Waals surface area contributed by atoms with Crippen molar-refractivity contribution in [3.8, 4) is 0 Å². The van der Waals surface area contributed by atoms with Crippen molar-refractivity contribution in [2.45, 2.75) is 31.7 Å². The Kier molecular flexibility index (Phi) is 5.11. The molecule has 0 bridgehead atoms. The fourth-order valence-electron chi connectivity index (χ4n) is 3.60. The molecule has 4 heterocycles. The molecule has 0 unspecified atom stereocenters. The average molecular weight is 366 g/mol. The number of pyridine rings is 1. The number of piperidine rings is 1. The van der Waals surface area contributed by atoms with Crippen molar-refractivity contribution >= 4 is 17.2 Å². The summed E-state index contributed by atoms with van der Waals surface area (Å²) in [6.45, 7) is 2.37. The Balaban J connectivity index is 1.45. The Morgan fingerprint density at radius 2 is 2.23 bits per heavy atom. The molecule has 1 aliphatic heterocycles. The van der Waals surface area contributed by atoms with Gasteiger partial charge in [0.15, 0.2) is 0 Å². The minimum Gasteiger partial charge on any atom is -0.342 e. The highest BCUT2D eigenvalue weighted by Crippen LogP contribution is 2.27. The van der Waals surface area contributed by atoms with Crippen molar-refractivity contribution in [1.29, 1.82) is 0 Å². The van der Waals surface area contributed by atoms with Gasteiger partial charge in [0, 0.05) is 43.8 Å². The van der Waals surface area contributed by atoms with E-state index in [0.29, 0.717) is 12.3 Å². The summed E-state index contributed by atoms with van der Waals surface area (Å²) >= 11 is 1.64. The van der Waals surface area contributed by atoms with Gasteiger partial charge in [0.1, 0.15) is 5.82 Å². The molecule has 1 aliphatic rings. The molecule has 3 aromatic rings. The van der Waals surface area contributed by atoms with Gasteiger partial charge in [-0.2, -0.15) is 11.3 Å². The largest absolute Gasteiger partial charge is 0.342 e. The Morgan fingerprint density at radius 3 is 3.04 bits per heavy atom. The van der Waals surface area contributed by atoms with Gasteiger partial charge in [0.2, 0.25) is 5.91 Å². The molecule has 5 nitrogen and oxygen atoms in total. The summed E-state index contributed by atoms with van der Waals surface area (Å²) in [5, 5.41) is 4.08. The van der Waals surface area contributed by atoms with Gasteiger partial charge in [0.05, 0.1) is 13.0 Å². The standard InChI is InChI=1S/C20H22N4OS/c25-19(11-16-5-10-26-15-16)23-8-2-4-18(14-23)20-22-7-9-24(20)13-17-3-1-6-21-12-17/h1,3,5-7,9-10,12,15,18H,2,4,8,11,13-14H2/t18-/m0/s1. The zero-order valence-electron chi connectivity index (χ0n) is 14.6. The van der Waals surface area contributed by atoms with Crippen LogP contribution in [0.15, 0.2) is 53.7 Å². The number of carbonyl (C=O) groups excluding carboxylic acids is 1. The van der Waals surface area contributed by atoms with Crippen molar-refractivity contribution in [1.82, 2.24) is 19.4 Å². The lowest BCUT2D eigenvalue weighted by molar-refractivity contribution is -0.131. The molecule has 3 aromatic heterocycles. The number of rotatable bonds is 5. The van der Waals surface area contributed by atoms with Gasteiger partial charge in [-0.1, -0.05) is 6.07 Å². The zero-order chi connectivity index (χ0) is 17.8. The Hall–Kier alpha value is -2.47. The molecule has 0 N–H and O–H groups in total. The van der Waals surface area contributed by atoms with Gasteiger partial charge in [-0.05, 0) is 46.9 Å². The number of aromatic nitrogens is 3. The van der Waals surface area contributed by atoms with Crippen LogP contribution >= 0.6 is 11.3 Å². The molecule has 0 saturated carbocycles. The number of imidazole rings is 1. The van der Waals surface area contributed by atoms with E-state index in [4.69, 9.17) is 0 Å². The van der Waals surface area contributed by atoms with Crippen LogP contribution in [0.2, 0.25) is 0 Å². The first-order chi connectivity index (χ1) is 12.8. The molecule has 0 spiro atoms. The van der Waals surface area contributed by atoms with Gasteiger partial charge in [-0.15, -0.1) is 0 Å². The van der Waals surface area contributed by atoms with Gasteiger partial charge in [-0.3, -0.25) is 9.78 Å². The highest BCUT2D eigenvalue weighted by Gasteiger charge is 2.27. The molecule has 6 heteroatoms. The molecule has 0 aliphatic carbocycles. The predicted octanol–water partition coefficient (Wildman–Crippen LogP) is 3.34. The second-order valence-corrected chi connectivity index (χ2v) is 7.54. The van der Waals surface area contributed by atoms with Crippen LogP contribution in [0.1, 0.15) is 35.7 Å². The molecular formula is C20H22N4OS. The molecule has 0 aromatic carbocycles. The SMILES string of the molecule is O=C(Cc1ccsc1)N1CCC[C@H](c2nccn2Cc2cccnc2)C1. The highest BCUT2D eigenvalue weighted by atomic mass is 32.1. The molecular weight excluding hydrogens is 344 g/mol. The van der Waals surface area contributed by atoms with Crippen LogP contribution in [0.5, 0.6) is 0 Å². The lowest BCUT2D eigenvalue weighted by atomic mass is 9.96. The predicted molar refractivity (Wildman–Crippen MR) is 102 cm³/mol. The van der Waals surface area contributed by atoms with Crippen molar-refractivity contribution in [2.75, 3.05) is 13.1 Å². The number of likely N-dealkylation sites (tertiary alicyclic amines) is 1. The van der Waals surface area contributed by atoms with Crippen molar-refractivity contribution < 1.29 is 4.79 Å². The normalized spacial score (nSPS) is 17.4. The second kappa shape index (κ2) is 7.83. The average Bonchev–Trinajstić information content (AvgIpc) is 3.35. The molecule has 4 rings (SSSR count). The highest BCUT2D eigenvalue weighted by molar-refractivity contribution is 7.08. The molecule has 1 amide bonds.